The SMILES string of the molecule is COc1nc2ccc(Br)cc2cc1C(=C(CCN(C)C)c1ccsc1)c1ccccc1. The molecule has 2 aromatic heterocycles. The quantitative estimate of drug-likeness (QED) is 0.278. The Balaban J connectivity index is 2.05. The molecule has 0 unspecified atom stereocenters. The molecule has 0 aliphatic carbocycles. The van der Waals surface area contributed by atoms with Crippen molar-refractivity contribution in [3.05, 3.63) is 92.6 Å². The van der Waals surface area contributed by atoms with Crippen LogP contribution < -0.4 is 4.74 Å². The van der Waals surface area contributed by atoms with Gasteiger partial charge >= 0.3 is 0 Å². The second kappa shape index (κ2) is 9.77. The zero-order valence-electron chi connectivity index (χ0n) is 17.9. The summed E-state index contributed by atoms with van der Waals surface area (Å²) in [5, 5.41) is 5.45. The van der Waals surface area contributed by atoms with Crippen molar-refractivity contribution in [1.82, 2.24) is 9.88 Å². The van der Waals surface area contributed by atoms with E-state index in [4.69, 9.17) is 9.72 Å². The van der Waals surface area contributed by atoms with E-state index in [2.05, 4.69) is 94.2 Å². The molecule has 0 spiro atoms. The largest absolute Gasteiger partial charge is 0.481 e. The van der Waals surface area contributed by atoms with Crippen molar-refractivity contribution in [3.63, 3.8) is 0 Å². The first-order valence-corrected chi connectivity index (χ1v) is 11.9. The number of nitrogens with zero attached hydrogens (tertiary/aromatic N) is 2. The molecule has 158 valence electrons. The van der Waals surface area contributed by atoms with Gasteiger partial charge in [-0.25, -0.2) is 4.98 Å². The third kappa shape index (κ3) is 4.90. The summed E-state index contributed by atoms with van der Waals surface area (Å²) in [5.41, 5.74) is 6.82. The number of hydrogen-bond acceptors (Lipinski definition) is 4. The number of pyridine rings is 1. The first-order valence-electron chi connectivity index (χ1n) is 10.2. The van der Waals surface area contributed by atoms with E-state index in [1.54, 1.807) is 18.4 Å². The van der Waals surface area contributed by atoms with Crippen LogP contribution in [0.15, 0.2) is 75.9 Å². The fourth-order valence-corrected chi connectivity index (χ4v) is 4.80. The fourth-order valence-electron chi connectivity index (χ4n) is 3.75. The molecule has 3 nitrogen and oxygen atoms in total. The van der Waals surface area contributed by atoms with Crippen molar-refractivity contribution >= 4 is 49.3 Å². The number of aromatic nitrogens is 1. The van der Waals surface area contributed by atoms with Crippen LogP contribution in [0.3, 0.4) is 0 Å². The highest BCUT2D eigenvalue weighted by Gasteiger charge is 2.20. The van der Waals surface area contributed by atoms with E-state index in [0.717, 1.165) is 39.5 Å². The first-order chi connectivity index (χ1) is 15.1. The van der Waals surface area contributed by atoms with E-state index in [1.165, 1.54) is 16.7 Å². The summed E-state index contributed by atoms with van der Waals surface area (Å²) in [4.78, 5) is 7.08. The Morgan fingerprint density at radius 2 is 1.84 bits per heavy atom. The van der Waals surface area contributed by atoms with Gasteiger partial charge < -0.3 is 9.64 Å². The number of fused-ring (bicyclic) bond motifs is 1. The van der Waals surface area contributed by atoms with Crippen molar-refractivity contribution in [3.8, 4) is 5.88 Å². The van der Waals surface area contributed by atoms with Crippen LogP contribution in [0.2, 0.25) is 0 Å². The molecular weight excluding hydrogens is 468 g/mol. The summed E-state index contributed by atoms with van der Waals surface area (Å²) in [7, 11) is 5.93. The summed E-state index contributed by atoms with van der Waals surface area (Å²) in [6.07, 6.45) is 0.924. The molecule has 0 radical (unpaired) electrons. The topological polar surface area (TPSA) is 25.4 Å². The molecule has 5 heteroatoms. The normalized spacial score (nSPS) is 12.3. The summed E-state index contributed by atoms with van der Waals surface area (Å²) in [6.45, 7) is 0.955. The minimum Gasteiger partial charge on any atom is -0.481 e. The number of methoxy groups -OCH3 is 1. The highest BCUT2D eigenvalue weighted by atomic mass is 79.9. The van der Waals surface area contributed by atoms with Gasteiger partial charge in [-0.15, -0.1) is 0 Å². The minimum absolute atomic E-state index is 0.645. The molecule has 0 aliphatic heterocycles. The highest BCUT2D eigenvalue weighted by Crippen LogP contribution is 2.40. The van der Waals surface area contributed by atoms with E-state index in [9.17, 15) is 0 Å². The average molecular weight is 493 g/mol. The zero-order chi connectivity index (χ0) is 21.8. The first kappa shape index (κ1) is 21.8. The number of ether oxygens (including phenoxy) is 1. The highest BCUT2D eigenvalue weighted by molar-refractivity contribution is 9.10. The van der Waals surface area contributed by atoms with E-state index in [0.29, 0.717) is 5.88 Å². The Kier molecular flexibility index (Phi) is 6.86. The Labute approximate surface area is 196 Å². The Morgan fingerprint density at radius 3 is 2.52 bits per heavy atom. The van der Waals surface area contributed by atoms with Gasteiger partial charge in [-0.3, -0.25) is 0 Å². The van der Waals surface area contributed by atoms with Crippen molar-refractivity contribution in [1.29, 1.82) is 0 Å². The Bertz CT molecular complexity index is 1200. The second-order valence-electron chi connectivity index (χ2n) is 7.67. The summed E-state index contributed by atoms with van der Waals surface area (Å²) < 4.78 is 6.85. The van der Waals surface area contributed by atoms with Gasteiger partial charge in [0.15, 0.2) is 0 Å². The number of hydrogen-bond donors (Lipinski definition) is 0. The van der Waals surface area contributed by atoms with Crippen LogP contribution in [0.5, 0.6) is 5.88 Å². The lowest BCUT2D eigenvalue weighted by Crippen LogP contribution is -2.14. The molecule has 4 aromatic rings. The van der Waals surface area contributed by atoms with Crippen LogP contribution in [0, 0.1) is 0 Å². The van der Waals surface area contributed by atoms with Crippen molar-refractivity contribution in [2.45, 2.75) is 6.42 Å². The lowest BCUT2D eigenvalue weighted by molar-refractivity contribution is 0.398. The van der Waals surface area contributed by atoms with Crippen LogP contribution in [0.25, 0.3) is 22.0 Å². The molecule has 4 rings (SSSR count). The van der Waals surface area contributed by atoms with Crippen LogP contribution in [0.1, 0.15) is 23.1 Å². The third-order valence-electron chi connectivity index (χ3n) is 5.25. The van der Waals surface area contributed by atoms with E-state index < -0.39 is 0 Å². The van der Waals surface area contributed by atoms with Crippen LogP contribution in [0.4, 0.5) is 0 Å². The van der Waals surface area contributed by atoms with Gasteiger partial charge in [-0.1, -0.05) is 46.3 Å². The molecule has 0 bridgehead atoms. The van der Waals surface area contributed by atoms with Gasteiger partial charge in [-0.2, -0.15) is 11.3 Å². The van der Waals surface area contributed by atoms with Gasteiger partial charge in [0.1, 0.15) is 0 Å². The fraction of sp³-hybridized carbons (Fsp3) is 0.192. The number of thiophene rings is 1. The molecule has 31 heavy (non-hydrogen) atoms. The molecule has 0 atom stereocenters. The van der Waals surface area contributed by atoms with Crippen LogP contribution in [-0.2, 0) is 0 Å². The second-order valence-corrected chi connectivity index (χ2v) is 9.36. The molecule has 2 heterocycles. The van der Waals surface area contributed by atoms with Gasteiger partial charge in [0.05, 0.1) is 12.6 Å². The maximum Gasteiger partial charge on any atom is 0.221 e. The molecule has 0 N–H and O–H groups in total. The minimum atomic E-state index is 0.645. The van der Waals surface area contributed by atoms with Gasteiger partial charge in [0.25, 0.3) is 0 Å². The zero-order valence-corrected chi connectivity index (χ0v) is 20.3. The third-order valence-corrected chi connectivity index (χ3v) is 6.42. The standard InChI is InChI=1S/C26H25BrN2OS/c1-29(2)13-11-22(19-12-14-31-17-19)25(18-7-5-4-6-8-18)23-16-20-15-21(27)9-10-24(20)28-26(23)30-3/h4-10,12,14-17H,11,13H2,1-3H3. The van der Waals surface area contributed by atoms with Crippen LogP contribution in [-0.4, -0.2) is 37.6 Å². The van der Waals surface area contributed by atoms with E-state index in [1.807, 2.05) is 12.1 Å². The van der Waals surface area contributed by atoms with Gasteiger partial charge in [-0.05, 0) is 83.9 Å². The number of rotatable bonds is 7. The average Bonchev–Trinajstić information content (AvgIpc) is 3.31. The van der Waals surface area contributed by atoms with E-state index >= 15 is 0 Å². The smallest absolute Gasteiger partial charge is 0.221 e. The number of benzene rings is 2. The van der Waals surface area contributed by atoms with Crippen molar-refractivity contribution in [2.24, 2.45) is 0 Å². The molecule has 0 saturated carbocycles. The summed E-state index contributed by atoms with van der Waals surface area (Å²) >= 11 is 5.32. The lowest BCUT2D eigenvalue weighted by atomic mass is 9.88. The predicted octanol–water partition coefficient (Wildman–Crippen LogP) is 6.98. The Hall–Kier alpha value is -2.47. The summed E-state index contributed by atoms with van der Waals surface area (Å²) in [6, 6.07) is 21.1. The van der Waals surface area contributed by atoms with Gasteiger partial charge in [0, 0.05) is 22.0 Å². The predicted molar refractivity (Wildman–Crippen MR) is 136 cm³/mol. The van der Waals surface area contributed by atoms with Gasteiger partial charge in [0.2, 0.25) is 5.88 Å². The summed E-state index contributed by atoms with van der Waals surface area (Å²) in [5.74, 6) is 0.645. The Morgan fingerprint density at radius 1 is 1.03 bits per heavy atom. The monoisotopic (exact) mass is 492 g/mol. The maximum atomic E-state index is 5.81. The number of halogens is 1. The molecule has 0 aliphatic rings. The molecule has 2 aromatic carbocycles. The van der Waals surface area contributed by atoms with Crippen molar-refractivity contribution < 1.29 is 4.74 Å². The molecular formula is C26H25BrN2OS. The van der Waals surface area contributed by atoms with Crippen molar-refractivity contribution in [2.75, 3.05) is 27.7 Å². The van der Waals surface area contributed by atoms with E-state index in [-0.39, 0.29) is 0 Å². The molecule has 0 fully saturated rings. The van der Waals surface area contributed by atoms with Crippen LogP contribution >= 0.6 is 27.3 Å². The molecule has 0 saturated heterocycles. The lowest BCUT2D eigenvalue weighted by Gasteiger charge is -2.20. The molecule has 0 amide bonds. The maximum absolute atomic E-state index is 5.81.